The molecule has 2 rings (SSSR count). The van der Waals surface area contributed by atoms with Gasteiger partial charge in [0.15, 0.2) is 0 Å². The van der Waals surface area contributed by atoms with Gasteiger partial charge in [-0.2, -0.15) is 0 Å². The molecule has 0 saturated heterocycles. The van der Waals surface area contributed by atoms with E-state index >= 15 is 0 Å². The summed E-state index contributed by atoms with van der Waals surface area (Å²) in [5.41, 5.74) is 3.36. The van der Waals surface area contributed by atoms with Gasteiger partial charge < -0.3 is 14.5 Å². The summed E-state index contributed by atoms with van der Waals surface area (Å²) in [6.07, 6.45) is 0. The fourth-order valence-corrected chi connectivity index (χ4v) is 2.11. The van der Waals surface area contributed by atoms with Gasteiger partial charge in [0.2, 0.25) is 0 Å². The third-order valence-electron chi connectivity index (χ3n) is 3.23. The van der Waals surface area contributed by atoms with E-state index < -0.39 is 0 Å². The van der Waals surface area contributed by atoms with E-state index in [2.05, 4.69) is 9.97 Å². The summed E-state index contributed by atoms with van der Waals surface area (Å²) in [6, 6.07) is 5.37. The van der Waals surface area contributed by atoms with Crippen LogP contribution in [-0.4, -0.2) is 24.2 Å². The number of H-pyrrole nitrogens is 1. The number of aryl methyl sites for hydroxylation is 1. The molecule has 1 N–H and O–H groups in total. The van der Waals surface area contributed by atoms with Crippen molar-refractivity contribution in [2.45, 2.75) is 20.5 Å². The predicted molar refractivity (Wildman–Crippen MR) is 77.0 cm³/mol. The molecule has 0 fully saturated rings. The molecule has 1 heterocycles. The highest BCUT2D eigenvalue weighted by Gasteiger charge is 2.13. The van der Waals surface area contributed by atoms with E-state index in [1.165, 1.54) is 6.07 Å². The lowest BCUT2D eigenvalue weighted by molar-refractivity contribution is 0.177. The standard InChI is InChI=1S/C15H18N2O3/c1-9-5-6-11(15(20-4)10(9)2)12-7-14(18)17-13(16-12)8-19-3/h5-7H,8H2,1-4H3,(H,16,17,18). The monoisotopic (exact) mass is 274 g/mol. The first-order valence-corrected chi connectivity index (χ1v) is 6.30. The first-order chi connectivity index (χ1) is 9.56. The average Bonchev–Trinajstić information content (AvgIpc) is 2.41. The second kappa shape index (κ2) is 5.88. The van der Waals surface area contributed by atoms with Gasteiger partial charge in [0.25, 0.3) is 5.56 Å². The van der Waals surface area contributed by atoms with Crippen molar-refractivity contribution in [1.82, 2.24) is 9.97 Å². The van der Waals surface area contributed by atoms with Gasteiger partial charge in [0.05, 0.1) is 12.8 Å². The number of hydrogen-bond donors (Lipinski definition) is 1. The highest BCUT2D eigenvalue weighted by atomic mass is 16.5. The second-order valence-corrected chi connectivity index (χ2v) is 4.60. The molecule has 0 radical (unpaired) electrons. The van der Waals surface area contributed by atoms with Crippen LogP contribution in [0, 0.1) is 13.8 Å². The maximum Gasteiger partial charge on any atom is 0.251 e. The first kappa shape index (κ1) is 14.3. The van der Waals surface area contributed by atoms with Crippen LogP contribution in [0.3, 0.4) is 0 Å². The molecule has 0 saturated carbocycles. The molecule has 0 spiro atoms. The molecule has 0 unspecified atom stereocenters. The molecule has 106 valence electrons. The number of nitrogens with one attached hydrogen (secondary N) is 1. The Hall–Kier alpha value is -2.14. The summed E-state index contributed by atoms with van der Waals surface area (Å²) in [6.45, 7) is 4.26. The van der Waals surface area contributed by atoms with Gasteiger partial charge in [-0.3, -0.25) is 4.79 Å². The summed E-state index contributed by atoms with van der Waals surface area (Å²) >= 11 is 0. The second-order valence-electron chi connectivity index (χ2n) is 4.60. The lowest BCUT2D eigenvalue weighted by Crippen LogP contribution is -2.12. The third-order valence-corrected chi connectivity index (χ3v) is 3.23. The number of benzene rings is 1. The van der Waals surface area contributed by atoms with Crippen LogP contribution in [0.2, 0.25) is 0 Å². The maximum absolute atomic E-state index is 11.7. The highest BCUT2D eigenvalue weighted by molar-refractivity contribution is 5.70. The number of aromatic amines is 1. The fraction of sp³-hybridized carbons (Fsp3) is 0.333. The lowest BCUT2D eigenvalue weighted by atomic mass is 10.0. The number of hydrogen-bond acceptors (Lipinski definition) is 4. The van der Waals surface area contributed by atoms with Crippen molar-refractivity contribution in [3.8, 4) is 17.0 Å². The van der Waals surface area contributed by atoms with E-state index in [4.69, 9.17) is 9.47 Å². The van der Waals surface area contributed by atoms with Crippen LogP contribution in [0.1, 0.15) is 17.0 Å². The third kappa shape index (κ3) is 2.72. The van der Waals surface area contributed by atoms with Crippen molar-refractivity contribution in [2.75, 3.05) is 14.2 Å². The van der Waals surface area contributed by atoms with Crippen LogP contribution in [0.5, 0.6) is 5.75 Å². The van der Waals surface area contributed by atoms with Crippen LogP contribution < -0.4 is 10.3 Å². The van der Waals surface area contributed by atoms with E-state index in [1.54, 1.807) is 14.2 Å². The molecule has 0 atom stereocenters. The predicted octanol–water partition coefficient (Wildman–Crippen LogP) is 2.21. The van der Waals surface area contributed by atoms with Crippen molar-refractivity contribution in [1.29, 1.82) is 0 Å². The molecule has 5 heteroatoms. The largest absolute Gasteiger partial charge is 0.496 e. The van der Waals surface area contributed by atoms with Crippen LogP contribution in [-0.2, 0) is 11.3 Å². The van der Waals surface area contributed by atoms with Gasteiger partial charge in [-0.25, -0.2) is 4.98 Å². The molecular formula is C15H18N2O3. The van der Waals surface area contributed by atoms with Gasteiger partial charge in [-0.15, -0.1) is 0 Å². The summed E-state index contributed by atoms with van der Waals surface area (Å²) in [5, 5.41) is 0. The molecule has 0 aliphatic heterocycles. The Balaban J connectivity index is 2.62. The summed E-state index contributed by atoms with van der Waals surface area (Å²) in [5.74, 6) is 1.24. The minimum atomic E-state index is -0.206. The van der Waals surface area contributed by atoms with Crippen molar-refractivity contribution in [3.63, 3.8) is 0 Å². The summed E-state index contributed by atoms with van der Waals surface area (Å²) in [4.78, 5) is 18.8. The van der Waals surface area contributed by atoms with E-state index in [0.717, 1.165) is 22.4 Å². The average molecular weight is 274 g/mol. The molecule has 1 aromatic heterocycles. The molecule has 0 aliphatic rings. The van der Waals surface area contributed by atoms with Gasteiger partial charge in [0.1, 0.15) is 18.2 Å². The summed E-state index contributed by atoms with van der Waals surface area (Å²) < 4.78 is 10.5. The zero-order valence-electron chi connectivity index (χ0n) is 12.1. The molecule has 20 heavy (non-hydrogen) atoms. The topological polar surface area (TPSA) is 64.2 Å². The maximum atomic E-state index is 11.7. The fourth-order valence-electron chi connectivity index (χ4n) is 2.11. The number of aromatic nitrogens is 2. The smallest absolute Gasteiger partial charge is 0.251 e. The summed E-state index contributed by atoms with van der Waals surface area (Å²) in [7, 11) is 3.18. The van der Waals surface area contributed by atoms with E-state index in [9.17, 15) is 4.79 Å². The first-order valence-electron chi connectivity index (χ1n) is 6.30. The Labute approximate surface area is 117 Å². The van der Waals surface area contributed by atoms with Crippen molar-refractivity contribution >= 4 is 0 Å². The Bertz CT molecular complexity index is 677. The van der Waals surface area contributed by atoms with E-state index in [1.807, 2.05) is 26.0 Å². The number of ether oxygens (including phenoxy) is 2. The molecule has 1 aromatic carbocycles. The molecule has 2 aromatic rings. The zero-order chi connectivity index (χ0) is 14.7. The lowest BCUT2D eigenvalue weighted by Gasteiger charge is -2.13. The minimum absolute atomic E-state index is 0.206. The zero-order valence-corrected chi connectivity index (χ0v) is 12.1. The van der Waals surface area contributed by atoms with Crippen molar-refractivity contribution in [3.05, 3.63) is 45.5 Å². The SMILES string of the molecule is COCc1nc(-c2ccc(C)c(C)c2OC)cc(=O)[nH]1. The van der Waals surface area contributed by atoms with Crippen molar-refractivity contribution in [2.24, 2.45) is 0 Å². The molecule has 0 amide bonds. The van der Waals surface area contributed by atoms with Gasteiger partial charge in [-0.1, -0.05) is 6.07 Å². The molecule has 5 nitrogen and oxygen atoms in total. The van der Waals surface area contributed by atoms with Crippen LogP contribution in [0.15, 0.2) is 23.0 Å². The number of nitrogens with zero attached hydrogens (tertiary/aromatic N) is 1. The van der Waals surface area contributed by atoms with Crippen LogP contribution >= 0.6 is 0 Å². The molecule has 0 aliphatic carbocycles. The highest BCUT2D eigenvalue weighted by Crippen LogP contribution is 2.32. The van der Waals surface area contributed by atoms with E-state index in [0.29, 0.717) is 11.5 Å². The van der Waals surface area contributed by atoms with Crippen LogP contribution in [0.25, 0.3) is 11.3 Å². The quantitative estimate of drug-likeness (QED) is 0.928. The van der Waals surface area contributed by atoms with Crippen LogP contribution in [0.4, 0.5) is 0 Å². The number of methoxy groups -OCH3 is 2. The Morgan fingerprint density at radius 1 is 1.25 bits per heavy atom. The molecule has 0 bridgehead atoms. The van der Waals surface area contributed by atoms with Gasteiger partial charge >= 0.3 is 0 Å². The molecular weight excluding hydrogens is 256 g/mol. The van der Waals surface area contributed by atoms with Gasteiger partial charge in [-0.05, 0) is 31.0 Å². The van der Waals surface area contributed by atoms with Crippen molar-refractivity contribution < 1.29 is 9.47 Å². The minimum Gasteiger partial charge on any atom is -0.496 e. The Kier molecular flexibility index (Phi) is 4.20. The Morgan fingerprint density at radius 2 is 2.00 bits per heavy atom. The van der Waals surface area contributed by atoms with Gasteiger partial charge in [0, 0.05) is 18.7 Å². The van der Waals surface area contributed by atoms with E-state index in [-0.39, 0.29) is 12.2 Å². The number of rotatable bonds is 4. The normalized spacial score (nSPS) is 10.6. The Morgan fingerprint density at radius 3 is 2.65 bits per heavy atom.